The van der Waals surface area contributed by atoms with E-state index in [1.54, 1.807) is 42.6 Å². The van der Waals surface area contributed by atoms with Gasteiger partial charge in [0.05, 0.1) is 24.3 Å². The molecule has 0 radical (unpaired) electrons. The van der Waals surface area contributed by atoms with Gasteiger partial charge in [-0.2, -0.15) is 5.26 Å². The van der Waals surface area contributed by atoms with Crippen LogP contribution in [-0.2, 0) is 14.9 Å². The molecule has 4 rings (SSSR count). The van der Waals surface area contributed by atoms with E-state index in [1.165, 1.54) is 17.7 Å². The van der Waals surface area contributed by atoms with Crippen LogP contribution in [-0.4, -0.2) is 41.7 Å². The summed E-state index contributed by atoms with van der Waals surface area (Å²) in [7, 11) is 0. The fraction of sp³-hybridized carbons (Fsp3) is 0.226. The van der Waals surface area contributed by atoms with Crippen molar-refractivity contribution in [2.75, 3.05) is 25.2 Å². The second-order valence-electron chi connectivity index (χ2n) is 9.25. The zero-order valence-corrected chi connectivity index (χ0v) is 22.2. The van der Waals surface area contributed by atoms with Gasteiger partial charge < -0.3 is 25.1 Å². The Kier molecular flexibility index (Phi) is 9.64. The van der Waals surface area contributed by atoms with Crippen molar-refractivity contribution in [2.24, 2.45) is 0 Å². The van der Waals surface area contributed by atoms with Crippen LogP contribution >= 0.6 is 0 Å². The van der Waals surface area contributed by atoms with Crippen molar-refractivity contribution in [2.45, 2.75) is 24.7 Å². The van der Waals surface area contributed by atoms with Crippen LogP contribution in [0.3, 0.4) is 0 Å². The van der Waals surface area contributed by atoms with E-state index in [4.69, 9.17) is 14.9 Å². The van der Waals surface area contributed by atoms with E-state index < -0.39 is 5.41 Å². The third kappa shape index (κ3) is 8.03. The molecule has 2 aliphatic carbocycles. The van der Waals surface area contributed by atoms with Gasteiger partial charge in [-0.3, -0.25) is 10.2 Å². The Hall–Kier alpha value is -4.94. The highest BCUT2D eigenvalue weighted by molar-refractivity contribution is 5.94. The van der Waals surface area contributed by atoms with Crippen molar-refractivity contribution in [3.05, 3.63) is 114 Å². The topological polar surface area (TPSA) is 136 Å². The molecule has 0 aliphatic heterocycles. The minimum Gasteiger partial charge on any atom is -0.440 e. The Bertz CT molecular complexity index is 1430. The number of aromatic amines is 1. The van der Waals surface area contributed by atoms with Crippen molar-refractivity contribution in [3.63, 3.8) is 0 Å². The smallest absolute Gasteiger partial charge is 0.251 e. The van der Waals surface area contributed by atoms with Gasteiger partial charge in [0.25, 0.3) is 5.91 Å². The third-order valence-corrected chi connectivity index (χ3v) is 6.32. The van der Waals surface area contributed by atoms with Crippen LogP contribution in [0.25, 0.3) is 6.08 Å². The monoisotopic (exact) mass is 536 g/mol. The lowest BCUT2D eigenvalue weighted by Gasteiger charge is -2.08. The molecule has 0 unspecified atom stereocenters. The number of nitriles is 1. The SMILES string of the molecule is C=C/C(=C\C=C/CNC(=O)c1cccc(C2(C#N)CC2)c1)OC(=N)/C=C\c1ncc(NCOCC2=CCC=C2)[nH]1. The molecule has 1 fully saturated rings. The molecule has 0 bridgehead atoms. The molecule has 2 aromatic rings. The third-order valence-electron chi connectivity index (χ3n) is 6.32. The highest BCUT2D eigenvalue weighted by atomic mass is 16.5. The summed E-state index contributed by atoms with van der Waals surface area (Å²) in [5, 5.41) is 23.4. The molecule has 1 aromatic heterocycles. The maximum atomic E-state index is 12.5. The van der Waals surface area contributed by atoms with Crippen LogP contribution in [0.2, 0.25) is 0 Å². The van der Waals surface area contributed by atoms with Crippen LogP contribution < -0.4 is 10.6 Å². The number of imidazole rings is 1. The number of nitrogens with zero attached hydrogens (tertiary/aromatic N) is 2. The second-order valence-corrected chi connectivity index (χ2v) is 9.25. The normalized spacial score (nSPS) is 15.6. The van der Waals surface area contributed by atoms with Gasteiger partial charge >= 0.3 is 0 Å². The molecule has 9 heteroatoms. The zero-order chi connectivity index (χ0) is 28.2. The predicted molar refractivity (Wildman–Crippen MR) is 155 cm³/mol. The number of aromatic nitrogens is 2. The second kappa shape index (κ2) is 13.7. The van der Waals surface area contributed by atoms with Crippen molar-refractivity contribution in [1.29, 1.82) is 10.7 Å². The van der Waals surface area contributed by atoms with Gasteiger partial charge in [0.2, 0.25) is 5.90 Å². The first kappa shape index (κ1) is 28.1. The number of amides is 1. The fourth-order valence-electron chi connectivity index (χ4n) is 3.91. The summed E-state index contributed by atoms with van der Waals surface area (Å²) in [6, 6.07) is 9.59. The Labute approximate surface area is 233 Å². The largest absolute Gasteiger partial charge is 0.440 e. The van der Waals surface area contributed by atoms with Crippen LogP contribution in [0.4, 0.5) is 5.82 Å². The number of hydrogen-bond donors (Lipinski definition) is 4. The predicted octanol–water partition coefficient (Wildman–Crippen LogP) is 5.30. The summed E-state index contributed by atoms with van der Waals surface area (Å²) in [4.78, 5) is 19.8. The maximum absolute atomic E-state index is 12.5. The number of carbonyl (C=O) groups is 1. The summed E-state index contributed by atoms with van der Waals surface area (Å²) in [6.07, 6.45) is 20.3. The van der Waals surface area contributed by atoms with Crippen LogP contribution in [0, 0.1) is 16.7 Å². The highest BCUT2D eigenvalue weighted by Gasteiger charge is 2.44. The van der Waals surface area contributed by atoms with Gasteiger partial charge in [0.15, 0.2) is 0 Å². The molecule has 0 saturated heterocycles. The fourth-order valence-corrected chi connectivity index (χ4v) is 3.91. The molecular weight excluding hydrogens is 504 g/mol. The Morgan fingerprint density at radius 2 is 2.23 bits per heavy atom. The lowest BCUT2D eigenvalue weighted by molar-refractivity contribution is 0.0958. The summed E-state index contributed by atoms with van der Waals surface area (Å²) >= 11 is 0. The van der Waals surface area contributed by atoms with E-state index >= 15 is 0 Å². The molecule has 1 aromatic carbocycles. The van der Waals surface area contributed by atoms with Crippen LogP contribution in [0.5, 0.6) is 0 Å². The average Bonchev–Trinajstić information content (AvgIpc) is 3.35. The molecular formula is C31H32N6O3. The van der Waals surface area contributed by atoms with Gasteiger partial charge in [-0.1, -0.05) is 49.1 Å². The minimum atomic E-state index is -0.427. The van der Waals surface area contributed by atoms with Gasteiger partial charge in [-0.25, -0.2) is 4.98 Å². The van der Waals surface area contributed by atoms with Crippen LogP contribution in [0.1, 0.15) is 41.0 Å². The van der Waals surface area contributed by atoms with Gasteiger partial charge in [-0.05, 0) is 60.8 Å². The number of H-pyrrole nitrogens is 1. The quantitative estimate of drug-likeness (QED) is 0.0646. The van der Waals surface area contributed by atoms with E-state index in [0.29, 0.717) is 42.8 Å². The molecule has 1 amide bonds. The summed E-state index contributed by atoms with van der Waals surface area (Å²) in [5.74, 6) is 1.34. The molecule has 204 valence electrons. The number of anilines is 1. The van der Waals surface area contributed by atoms with Crippen LogP contribution in [0.15, 0.2) is 97.0 Å². The van der Waals surface area contributed by atoms with Crippen molar-refractivity contribution < 1.29 is 14.3 Å². The molecule has 0 atom stereocenters. The molecule has 1 saturated carbocycles. The highest BCUT2D eigenvalue weighted by Crippen LogP contribution is 2.47. The Balaban J connectivity index is 1.17. The molecule has 0 spiro atoms. The van der Waals surface area contributed by atoms with E-state index in [2.05, 4.69) is 51.5 Å². The van der Waals surface area contributed by atoms with Gasteiger partial charge in [0, 0.05) is 18.2 Å². The lowest BCUT2D eigenvalue weighted by Crippen LogP contribution is -2.23. The van der Waals surface area contributed by atoms with Gasteiger partial charge in [-0.15, -0.1) is 0 Å². The lowest BCUT2D eigenvalue weighted by atomic mass is 9.96. The van der Waals surface area contributed by atoms with E-state index in [1.807, 2.05) is 12.1 Å². The van der Waals surface area contributed by atoms with Crippen molar-refractivity contribution >= 4 is 23.7 Å². The van der Waals surface area contributed by atoms with Crippen molar-refractivity contribution in [1.82, 2.24) is 15.3 Å². The summed E-state index contributed by atoms with van der Waals surface area (Å²) in [6.45, 7) is 4.92. The average molecular weight is 537 g/mol. The number of rotatable bonds is 14. The number of carbonyl (C=O) groups excluding carboxylic acids is 1. The molecule has 2 aliphatic rings. The minimum absolute atomic E-state index is 0.0920. The Morgan fingerprint density at radius 1 is 1.35 bits per heavy atom. The van der Waals surface area contributed by atoms with Gasteiger partial charge in [0.1, 0.15) is 24.1 Å². The summed E-state index contributed by atoms with van der Waals surface area (Å²) < 4.78 is 11.1. The number of hydrogen-bond acceptors (Lipinski definition) is 7. The van der Waals surface area contributed by atoms with E-state index in [0.717, 1.165) is 24.8 Å². The first-order valence-electron chi connectivity index (χ1n) is 13.0. The van der Waals surface area contributed by atoms with E-state index in [9.17, 15) is 10.1 Å². The van der Waals surface area contributed by atoms with Crippen molar-refractivity contribution in [3.8, 4) is 6.07 Å². The first-order valence-corrected chi connectivity index (χ1v) is 13.0. The zero-order valence-electron chi connectivity index (χ0n) is 22.2. The molecule has 40 heavy (non-hydrogen) atoms. The molecule has 9 nitrogen and oxygen atoms in total. The standard InChI is InChI=1S/C31H32N6O3/c1-2-26(12-5-6-17-34-30(38)24-10-7-11-25(18-24)31(21-32)15-16-31)40-27(33)13-14-28-35-19-29(37-28)36-22-39-20-23-8-3-4-9-23/h2-3,5-14,18-19,33,36H,1,4,15-17,20,22H2,(H,34,38)(H,35,37)/b6-5-,14-13-,26-12+,33-27?. The molecule has 4 N–H and O–H groups in total. The summed E-state index contributed by atoms with van der Waals surface area (Å²) in [5.41, 5.74) is 2.17. The number of ether oxygens (including phenoxy) is 2. The molecule has 1 heterocycles. The Morgan fingerprint density at radius 3 is 2.98 bits per heavy atom. The number of nitrogens with one attached hydrogen (secondary N) is 4. The first-order chi connectivity index (χ1) is 19.5. The van der Waals surface area contributed by atoms with E-state index in [-0.39, 0.29) is 11.8 Å². The number of allylic oxidation sites excluding steroid dienone is 5. The number of benzene rings is 1. The maximum Gasteiger partial charge on any atom is 0.251 e.